The number of nitrogens with zero attached hydrogens (tertiary/aromatic N) is 4. The molecule has 0 aliphatic carbocycles. The van der Waals surface area contributed by atoms with E-state index in [1.54, 1.807) is 0 Å². The fourth-order valence-electron chi connectivity index (χ4n) is 9.88. The molecule has 12 nitrogen and oxygen atoms in total. The Morgan fingerprint density at radius 3 is 1.03 bits per heavy atom. The second-order valence-electron chi connectivity index (χ2n) is 21.6. The number of likely N-dealkylation sites (tertiary alicyclic amines) is 1. The van der Waals surface area contributed by atoms with Crippen LogP contribution in [0.25, 0.3) is 0 Å². The van der Waals surface area contributed by atoms with Crippen molar-refractivity contribution in [1.82, 2.24) is 19.6 Å². The SMILES string of the molecule is CCCCCCCN(CCCCCC(=O)OCC(CCCCC)CCCCC)C(=O)OCCN(CCOC(=O)N(CCCCCCC)CCCCCC(=O)OCC(CCCCC)CCCCC)C1CN(C)C1. The minimum Gasteiger partial charge on any atom is -0.465 e. The highest BCUT2D eigenvalue weighted by atomic mass is 16.6. The van der Waals surface area contributed by atoms with Crippen LogP contribution in [0, 0.1) is 11.8 Å². The number of rotatable bonds is 51. The van der Waals surface area contributed by atoms with Gasteiger partial charge >= 0.3 is 24.1 Å². The Labute approximate surface area is 443 Å². The van der Waals surface area contributed by atoms with Gasteiger partial charge in [0.1, 0.15) is 13.2 Å². The van der Waals surface area contributed by atoms with Crippen molar-refractivity contribution in [2.24, 2.45) is 11.8 Å². The molecule has 0 radical (unpaired) electrons. The van der Waals surface area contributed by atoms with Crippen molar-refractivity contribution in [2.75, 3.05) is 85.8 Å². The van der Waals surface area contributed by atoms with Gasteiger partial charge in [0.15, 0.2) is 0 Å². The molecule has 0 saturated carbocycles. The topological polar surface area (TPSA) is 118 Å². The maximum absolute atomic E-state index is 13.6. The van der Waals surface area contributed by atoms with Crippen LogP contribution in [0.3, 0.4) is 0 Å². The molecule has 0 atom stereocenters. The molecule has 0 unspecified atom stereocenters. The Kier molecular flexibility index (Phi) is 45.0. The van der Waals surface area contributed by atoms with E-state index in [-0.39, 0.29) is 37.3 Å². The zero-order valence-corrected chi connectivity index (χ0v) is 48.3. The van der Waals surface area contributed by atoms with Crippen LogP contribution in [-0.2, 0) is 28.5 Å². The van der Waals surface area contributed by atoms with Crippen molar-refractivity contribution in [3.63, 3.8) is 0 Å². The first kappa shape index (κ1) is 67.4. The summed E-state index contributed by atoms with van der Waals surface area (Å²) in [5.41, 5.74) is 0. The van der Waals surface area contributed by atoms with E-state index >= 15 is 0 Å². The summed E-state index contributed by atoms with van der Waals surface area (Å²) in [6, 6.07) is 0.316. The average molecular weight is 1020 g/mol. The molecule has 0 aromatic rings. The van der Waals surface area contributed by atoms with Gasteiger partial charge in [0.25, 0.3) is 0 Å². The van der Waals surface area contributed by atoms with Crippen molar-refractivity contribution >= 4 is 24.1 Å². The molecule has 0 aromatic heterocycles. The van der Waals surface area contributed by atoms with E-state index in [9.17, 15) is 19.2 Å². The highest BCUT2D eigenvalue weighted by Gasteiger charge is 2.30. The first-order valence-electron chi connectivity index (χ1n) is 30.7. The molecule has 0 bridgehead atoms. The normalized spacial score (nSPS) is 13.0. The summed E-state index contributed by atoms with van der Waals surface area (Å²) in [5.74, 6) is 0.744. The maximum Gasteiger partial charge on any atom is 0.409 e. The molecular formula is C60H116N4O8. The minimum absolute atomic E-state index is 0.0956. The molecule has 1 aliphatic heterocycles. The Bertz CT molecular complexity index is 1180. The zero-order valence-electron chi connectivity index (χ0n) is 48.3. The largest absolute Gasteiger partial charge is 0.465 e. The van der Waals surface area contributed by atoms with E-state index in [0.29, 0.717) is 83.2 Å². The summed E-state index contributed by atoms with van der Waals surface area (Å²) in [6.07, 6.45) is 35.5. The number of esters is 2. The molecule has 0 aromatic carbocycles. The van der Waals surface area contributed by atoms with Gasteiger partial charge in [-0.3, -0.25) is 14.5 Å². The summed E-state index contributed by atoms with van der Waals surface area (Å²) in [5, 5.41) is 0. The summed E-state index contributed by atoms with van der Waals surface area (Å²) >= 11 is 0. The zero-order chi connectivity index (χ0) is 52.7. The average Bonchev–Trinajstić information content (AvgIpc) is 3.36. The number of likely N-dealkylation sites (N-methyl/N-ethyl adjacent to an activating group) is 1. The van der Waals surface area contributed by atoms with Gasteiger partial charge < -0.3 is 33.6 Å². The quantitative estimate of drug-likeness (QED) is 0.0331. The van der Waals surface area contributed by atoms with Crippen LogP contribution in [0.5, 0.6) is 0 Å². The van der Waals surface area contributed by atoms with E-state index < -0.39 is 0 Å². The maximum atomic E-state index is 13.6. The van der Waals surface area contributed by atoms with Crippen LogP contribution in [0.15, 0.2) is 0 Å². The van der Waals surface area contributed by atoms with Crippen molar-refractivity contribution < 1.29 is 38.1 Å². The van der Waals surface area contributed by atoms with E-state index in [1.807, 2.05) is 9.80 Å². The molecule has 0 N–H and O–H groups in total. The van der Waals surface area contributed by atoms with Crippen LogP contribution in [0.2, 0.25) is 0 Å². The van der Waals surface area contributed by atoms with Crippen molar-refractivity contribution in [3.05, 3.63) is 0 Å². The van der Waals surface area contributed by atoms with Gasteiger partial charge in [0.05, 0.1) is 13.2 Å². The van der Waals surface area contributed by atoms with Crippen LogP contribution in [0.1, 0.15) is 260 Å². The highest BCUT2D eigenvalue weighted by molar-refractivity contribution is 5.70. The highest BCUT2D eigenvalue weighted by Crippen LogP contribution is 2.21. The number of hydrogen-bond donors (Lipinski definition) is 0. The van der Waals surface area contributed by atoms with Gasteiger partial charge in [0, 0.05) is 71.2 Å². The number of carbonyl (C=O) groups excluding carboxylic acids is 4. The number of unbranched alkanes of at least 4 members (excludes halogenated alkanes) is 20. The Morgan fingerprint density at radius 1 is 0.403 bits per heavy atom. The van der Waals surface area contributed by atoms with Crippen LogP contribution in [-0.4, -0.2) is 136 Å². The summed E-state index contributed by atoms with van der Waals surface area (Å²) in [4.78, 5) is 60.9. The van der Waals surface area contributed by atoms with Gasteiger partial charge in [-0.1, -0.05) is 183 Å². The molecular weight excluding hydrogens is 905 g/mol. The van der Waals surface area contributed by atoms with Gasteiger partial charge in [0.2, 0.25) is 0 Å². The second kappa shape index (κ2) is 48.1. The number of amides is 2. The molecule has 72 heavy (non-hydrogen) atoms. The summed E-state index contributed by atoms with van der Waals surface area (Å²) in [7, 11) is 2.11. The predicted molar refractivity (Wildman–Crippen MR) is 299 cm³/mol. The second-order valence-corrected chi connectivity index (χ2v) is 21.6. The number of hydrogen-bond acceptors (Lipinski definition) is 10. The molecule has 12 heteroatoms. The van der Waals surface area contributed by atoms with Crippen molar-refractivity contribution in [3.8, 4) is 0 Å². The molecule has 2 amide bonds. The number of carbonyl (C=O) groups is 4. The van der Waals surface area contributed by atoms with E-state index in [2.05, 4.69) is 58.4 Å². The van der Waals surface area contributed by atoms with Crippen molar-refractivity contribution in [1.29, 1.82) is 0 Å². The fourth-order valence-corrected chi connectivity index (χ4v) is 9.88. The van der Waals surface area contributed by atoms with Crippen LogP contribution >= 0.6 is 0 Å². The lowest BCUT2D eigenvalue weighted by atomic mass is 9.96. The molecule has 1 rings (SSSR count). The van der Waals surface area contributed by atoms with Crippen LogP contribution in [0.4, 0.5) is 9.59 Å². The molecule has 0 spiro atoms. The van der Waals surface area contributed by atoms with E-state index in [4.69, 9.17) is 18.9 Å². The lowest BCUT2D eigenvalue weighted by Crippen LogP contribution is -2.59. The first-order chi connectivity index (χ1) is 35.1. The Hall–Kier alpha value is -2.60. The third-order valence-corrected chi connectivity index (χ3v) is 14.8. The Morgan fingerprint density at radius 2 is 0.708 bits per heavy atom. The van der Waals surface area contributed by atoms with Crippen molar-refractivity contribution in [2.45, 2.75) is 266 Å². The summed E-state index contributed by atoms with van der Waals surface area (Å²) in [6.45, 7) is 20.6. The van der Waals surface area contributed by atoms with Gasteiger partial charge in [-0.2, -0.15) is 0 Å². The minimum atomic E-state index is -0.269. The predicted octanol–water partition coefficient (Wildman–Crippen LogP) is 15.2. The summed E-state index contributed by atoms with van der Waals surface area (Å²) < 4.78 is 23.5. The standard InChI is InChI=1S/C60H116N4O8/c1-8-14-20-22-32-42-63(44-34-24-30-40-57(65)71-52-54(36-26-16-10-3)37-27-17-11-4)59(67)69-48-46-62(56-50-61(7)51-56)47-49-70-60(68)64(43-33-23-21-15-9-2)45-35-25-31-41-58(66)72-53-55(38-28-18-12-5)39-29-19-13-6/h54-56H,8-53H2,1-7H3. The molecule has 1 saturated heterocycles. The lowest BCUT2D eigenvalue weighted by Gasteiger charge is -2.43. The molecule has 1 fully saturated rings. The van der Waals surface area contributed by atoms with Gasteiger partial charge in [-0.25, -0.2) is 9.59 Å². The number of ether oxygens (including phenoxy) is 4. The lowest BCUT2D eigenvalue weighted by molar-refractivity contribution is -0.146. The van der Waals surface area contributed by atoms with E-state index in [1.165, 1.54) is 116 Å². The van der Waals surface area contributed by atoms with E-state index in [0.717, 1.165) is 103 Å². The monoisotopic (exact) mass is 1020 g/mol. The molecule has 1 heterocycles. The first-order valence-corrected chi connectivity index (χ1v) is 30.7. The van der Waals surface area contributed by atoms with Crippen LogP contribution < -0.4 is 0 Å². The molecule has 1 aliphatic rings. The van der Waals surface area contributed by atoms with Gasteiger partial charge in [-0.05, 0) is 83.1 Å². The molecule has 424 valence electrons. The Balaban J connectivity index is 2.68. The fraction of sp³-hybridized carbons (Fsp3) is 0.933. The van der Waals surface area contributed by atoms with Gasteiger partial charge in [-0.15, -0.1) is 0 Å². The third kappa shape index (κ3) is 37.2. The third-order valence-electron chi connectivity index (χ3n) is 14.8. The smallest absolute Gasteiger partial charge is 0.409 e.